The van der Waals surface area contributed by atoms with Gasteiger partial charge < -0.3 is 10.4 Å². The van der Waals surface area contributed by atoms with Gasteiger partial charge in [-0.2, -0.15) is 0 Å². The van der Waals surface area contributed by atoms with Gasteiger partial charge in [-0.25, -0.2) is 9.37 Å². The number of pyridine rings is 1. The van der Waals surface area contributed by atoms with E-state index in [0.717, 1.165) is 0 Å². The quantitative estimate of drug-likeness (QED) is 0.875. The van der Waals surface area contributed by atoms with Crippen molar-refractivity contribution in [2.75, 3.05) is 6.61 Å². The predicted molar refractivity (Wildman–Crippen MR) is 68.5 cm³/mol. The number of aliphatic hydroxyl groups excluding tert-OH is 1. The predicted octanol–water partition coefficient (Wildman–Crippen LogP) is 1.28. The van der Waals surface area contributed by atoms with Crippen LogP contribution in [0.4, 0.5) is 4.39 Å². The number of hydrogen-bond acceptors (Lipinski definition) is 3. The summed E-state index contributed by atoms with van der Waals surface area (Å²) in [5, 5.41) is 11.8. The third kappa shape index (κ3) is 2.58. The molecule has 1 unspecified atom stereocenters. The van der Waals surface area contributed by atoms with Crippen molar-refractivity contribution in [1.29, 1.82) is 0 Å². The number of amides is 1. The summed E-state index contributed by atoms with van der Waals surface area (Å²) >= 11 is 0. The van der Waals surface area contributed by atoms with E-state index in [-0.39, 0.29) is 18.6 Å². The van der Waals surface area contributed by atoms with Crippen LogP contribution in [0.5, 0.6) is 0 Å². The molecule has 102 valence electrons. The average Bonchev–Trinajstić information content (AvgIpc) is 2.71. The fraction of sp³-hybridized carbons (Fsp3) is 0.385. The number of nitrogens with one attached hydrogen (secondary N) is 1. The molecule has 0 saturated carbocycles. The Kier molecular flexibility index (Phi) is 3.80. The zero-order chi connectivity index (χ0) is 14.0. The Morgan fingerprint density at radius 1 is 1.58 bits per heavy atom. The van der Waals surface area contributed by atoms with Crippen LogP contribution in [-0.2, 0) is 0 Å². The summed E-state index contributed by atoms with van der Waals surface area (Å²) in [5.74, 6) is -0.801. The zero-order valence-corrected chi connectivity index (χ0v) is 10.9. The third-order valence-corrected chi connectivity index (χ3v) is 3.02. The molecule has 19 heavy (non-hydrogen) atoms. The summed E-state index contributed by atoms with van der Waals surface area (Å²) in [5.41, 5.74) is 1.33. The van der Waals surface area contributed by atoms with Crippen molar-refractivity contribution in [3.63, 3.8) is 0 Å². The van der Waals surface area contributed by atoms with Gasteiger partial charge in [0.25, 0.3) is 5.91 Å². The van der Waals surface area contributed by atoms with Crippen LogP contribution in [0.2, 0.25) is 0 Å². The molecule has 2 aromatic heterocycles. The maximum Gasteiger partial charge on any atom is 0.270 e. The van der Waals surface area contributed by atoms with Crippen molar-refractivity contribution in [3.05, 3.63) is 35.5 Å². The van der Waals surface area contributed by atoms with E-state index in [4.69, 9.17) is 5.11 Å². The molecule has 0 aromatic carbocycles. The van der Waals surface area contributed by atoms with Crippen molar-refractivity contribution < 1.29 is 14.3 Å². The molecule has 2 rings (SSSR count). The van der Waals surface area contributed by atoms with Gasteiger partial charge in [0.15, 0.2) is 0 Å². The average molecular weight is 265 g/mol. The first kappa shape index (κ1) is 13.5. The van der Waals surface area contributed by atoms with Crippen molar-refractivity contribution in [3.8, 4) is 0 Å². The van der Waals surface area contributed by atoms with Gasteiger partial charge in [0.2, 0.25) is 0 Å². The second-order valence-electron chi connectivity index (χ2n) is 4.38. The van der Waals surface area contributed by atoms with E-state index in [0.29, 0.717) is 23.5 Å². The number of nitrogens with zero attached hydrogens (tertiary/aromatic N) is 2. The summed E-state index contributed by atoms with van der Waals surface area (Å²) in [7, 11) is 0. The topological polar surface area (TPSA) is 66.6 Å². The number of carbonyl (C=O) groups is 1. The molecule has 1 amide bonds. The lowest BCUT2D eigenvalue weighted by Gasteiger charge is -2.14. The van der Waals surface area contributed by atoms with Gasteiger partial charge in [-0.1, -0.05) is 6.92 Å². The minimum Gasteiger partial charge on any atom is -0.394 e. The van der Waals surface area contributed by atoms with Crippen LogP contribution < -0.4 is 5.32 Å². The highest BCUT2D eigenvalue weighted by molar-refractivity contribution is 5.94. The fourth-order valence-electron chi connectivity index (χ4n) is 1.94. The SMILES string of the molecule is CCC(CO)NC(=O)c1c(C)nc2ccc(F)cn12. The summed E-state index contributed by atoms with van der Waals surface area (Å²) < 4.78 is 14.7. The molecule has 0 spiro atoms. The Hall–Kier alpha value is -1.95. The number of aryl methyl sites for hydroxylation is 1. The monoisotopic (exact) mass is 265 g/mol. The van der Waals surface area contributed by atoms with E-state index in [1.165, 1.54) is 22.7 Å². The van der Waals surface area contributed by atoms with Gasteiger partial charge in [0.1, 0.15) is 17.2 Å². The first-order chi connectivity index (χ1) is 9.06. The number of rotatable bonds is 4. The summed E-state index contributed by atoms with van der Waals surface area (Å²) in [6.07, 6.45) is 1.84. The lowest BCUT2D eigenvalue weighted by atomic mass is 10.2. The van der Waals surface area contributed by atoms with E-state index in [2.05, 4.69) is 10.3 Å². The molecular weight excluding hydrogens is 249 g/mol. The molecule has 2 aromatic rings. The number of hydrogen-bond donors (Lipinski definition) is 2. The van der Waals surface area contributed by atoms with E-state index in [1.807, 2.05) is 6.92 Å². The Labute approximate surface area is 110 Å². The van der Waals surface area contributed by atoms with Crippen molar-refractivity contribution in [2.24, 2.45) is 0 Å². The number of aromatic nitrogens is 2. The lowest BCUT2D eigenvalue weighted by Crippen LogP contribution is -2.37. The van der Waals surface area contributed by atoms with Crippen LogP contribution >= 0.6 is 0 Å². The summed E-state index contributed by atoms with van der Waals surface area (Å²) in [6, 6.07) is 2.50. The molecule has 0 aliphatic heterocycles. The van der Waals surface area contributed by atoms with E-state index in [1.54, 1.807) is 6.92 Å². The normalized spacial score (nSPS) is 12.6. The first-order valence-corrected chi connectivity index (χ1v) is 6.12. The van der Waals surface area contributed by atoms with Crippen LogP contribution in [0, 0.1) is 12.7 Å². The van der Waals surface area contributed by atoms with Crippen LogP contribution in [0.15, 0.2) is 18.3 Å². The van der Waals surface area contributed by atoms with Gasteiger partial charge in [-0.05, 0) is 25.5 Å². The molecule has 6 heteroatoms. The van der Waals surface area contributed by atoms with E-state index in [9.17, 15) is 9.18 Å². The maximum absolute atomic E-state index is 13.3. The number of aliphatic hydroxyl groups is 1. The molecule has 0 aliphatic carbocycles. The number of carbonyl (C=O) groups excluding carboxylic acids is 1. The minimum atomic E-state index is -0.437. The summed E-state index contributed by atoms with van der Waals surface area (Å²) in [6.45, 7) is 3.42. The van der Waals surface area contributed by atoms with Crippen LogP contribution in [0.3, 0.4) is 0 Å². The van der Waals surface area contributed by atoms with Gasteiger partial charge >= 0.3 is 0 Å². The molecule has 1 atom stereocenters. The van der Waals surface area contributed by atoms with Crippen molar-refractivity contribution >= 4 is 11.6 Å². The molecule has 2 heterocycles. The minimum absolute atomic E-state index is 0.133. The molecule has 0 fully saturated rings. The largest absolute Gasteiger partial charge is 0.394 e. The molecule has 5 nitrogen and oxygen atoms in total. The lowest BCUT2D eigenvalue weighted by molar-refractivity contribution is 0.0908. The molecular formula is C13H16FN3O2. The van der Waals surface area contributed by atoms with Crippen LogP contribution in [0.1, 0.15) is 29.5 Å². The maximum atomic E-state index is 13.3. The Balaban J connectivity index is 2.41. The molecule has 0 radical (unpaired) electrons. The smallest absolute Gasteiger partial charge is 0.270 e. The number of halogens is 1. The van der Waals surface area contributed by atoms with Gasteiger partial charge in [-0.15, -0.1) is 0 Å². The van der Waals surface area contributed by atoms with Crippen molar-refractivity contribution in [2.45, 2.75) is 26.3 Å². The van der Waals surface area contributed by atoms with Gasteiger partial charge in [-0.3, -0.25) is 9.20 Å². The Morgan fingerprint density at radius 3 is 2.95 bits per heavy atom. The molecule has 0 bridgehead atoms. The fourth-order valence-corrected chi connectivity index (χ4v) is 1.94. The second kappa shape index (κ2) is 5.36. The number of imidazole rings is 1. The zero-order valence-electron chi connectivity index (χ0n) is 10.9. The second-order valence-corrected chi connectivity index (χ2v) is 4.38. The highest BCUT2D eigenvalue weighted by Crippen LogP contribution is 2.13. The molecule has 0 saturated heterocycles. The number of fused-ring (bicyclic) bond motifs is 1. The van der Waals surface area contributed by atoms with Crippen molar-refractivity contribution in [1.82, 2.24) is 14.7 Å². The Morgan fingerprint density at radius 2 is 2.32 bits per heavy atom. The van der Waals surface area contributed by atoms with Crippen LogP contribution in [-0.4, -0.2) is 33.0 Å². The summed E-state index contributed by atoms with van der Waals surface area (Å²) in [4.78, 5) is 16.4. The first-order valence-electron chi connectivity index (χ1n) is 6.12. The third-order valence-electron chi connectivity index (χ3n) is 3.02. The van der Waals surface area contributed by atoms with Crippen LogP contribution in [0.25, 0.3) is 5.65 Å². The standard InChI is InChI=1S/C13H16FN3O2/c1-3-10(7-18)16-13(19)12-8(2)15-11-5-4-9(14)6-17(11)12/h4-6,10,18H,3,7H2,1-2H3,(H,16,19). The van der Waals surface area contributed by atoms with E-state index >= 15 is 0 Å². The van der Waals surface area contributed by atoms with E-state index < -0.39 is 5.82 Å². The molecule has 2 N–H and O–H groups in total. The van der Waals surface area contributed by atoms with Gasteiger partial charge in [0, 0.05) is 6.20 Å². The molecule has 0 aliphatic rings. The van der Waals surface area contributed by atoms with Gasteiger partial charge in [0.05, 0.1) is 18.3 Å². The highest BCUT2D eigenvalue weighted by atomic mass is 19.1. The Bertz CT molecular complexity index is 605. The highest BCUT2D eigenvalue weighted by Gasteiger charge is 2.19.